The molecule has 0 aliphatic carbocycles. The summed E-state index contributed by atoms with van der Waals surface area (Å²) in [5.74, 6) is -1.74. The Bertz CT molecular complexity index is 1370. The Morgan fingerprint density at radius 1 is 1.00 bits per heavy atom. The van der Waals surface area contributed by atoms with Crippen LogP contribution in [0.1, 0.15) is 16.1 Å². The molecule has 0 bridgehead atoms. The number of imide groups is 2. The van der Waals surface area contributed by atoms with Crippen LogP contribution in [0, 0.1) is 0 Å². The third-order valence-electron chi connectivity index (χ3n) is 5.01. The van der Waals surface area contributed by atoms with Gasteiger partial charge in [-0.15, -0.1) is 0 Å². The molecule has 0 atom stereocenters. The van der Waals surface area contributed by atoms with Crippen molar-refractivity contribution in [2.75, 3.05) is 11.7 Å². The minimum atomic E-state index is -1.33. The second kappa shape index (κ2) is 7.68. The van der Waals surface area contributed by atoms with Gasteiger partial charge in [0.15, 0.2) is 11.5 Å². The van der Waals surface area contributed by atoms with Gasteiger partial charge < -0.3 is 23.8 Å². The van der Waals surface area contributed by atoms with Crippen molar-refractivity contribution in [2.24, 2.45) is 0 Å². The predicted molar refractivity (Wildman–Crippen MR) is 110 cm³/mol. The molecule has 1 saturated heterocycles. The van der Waals surface area contributed by atoms with Crippen LogP contribution in [0.4, 0.5) is 10.5 Å². The van der Waals surface area contributed by atoms with Gasteiger partial charge >= 0.3 is 6.03 Å². The first kappa shape index (κ1) is 20.1. The zero-order chi connectivity index (χ0) is 23.1. The molecule has 3 aromatic rings. The maximum absolute atomic E-state index is 13.0. The number of carbonyl (C=O) groups excluding carboxylic acids is 4. The lowest BCUT2D eigenvalue weighted by Crippen LogP contribution is -2.54. The number of ether oxygens (including phenoxy) is 2. The predicted octanol–water partition coefficient (Wildman–Crippen LogP) is 1.71. The van der Waals surface area contributed by atoms with Crippen molar-refractivity contribution < 1.29 is 38.2 Å². The van der Waals surface area contributed by atoms with E-state index in [-0.39, 0.29) is 29.4 Å². The van der Waals surface area contributed by atoms with E-state index in [1.807, 2.05) is 0 Å². The summed E-state index contributed by atoms with van der Waals surface area (Å²) in [4.78, 5) is 49.7. The molecule has 2 aromatic carbocycles. The molecule has 1 aromatic heterocycles. The number of furan rings is 1. The van der Waals surface area contributed by atoms with E-state index in [2.05, 4.69) is 5.32 Å². The van der Waals surface area contributed by atoms with Crippen LogP contribution in [0.5, 0.6) is 11.5 Å². The van der Waals surface area contributed by atoms with Crippen LogP contribution in [0.15, 0.2) is 64.6 Å². The molecule has 4 amide bonds. The summed E-state index contributed by atoms with van der Waals surface area (Å²) in [6.45, 7) is 0.0231. The van der Waals surface area contributed by atoms with Gasteiger partial charge in [-0.05, 0) is 42.0 Å². The molecule has 2 aliphatic rings. The van der Waals surface area contributed by atoms with Crippen molar-refractivity contribution in [1.82, 2.24) is 5.32 Å². The molecule has 10 heteroatoms. The van der Waals surface area contributed by atoms with Gasteiger partial charge in [0.1, 0.15) is 17.1 Å². The average molecular weight is 445 g/mol. The normalized spacial score (nSPS) is 16.3. The summed E-state index contributed by atoms with van der Waals surface area (Å²) < 4.78 is 16.2. The SMILES string of the molecule is O=C1NC(=O)N(c2ccc3c(c2)OCO3)C(=O)/C1=C\c1ccc(-c2cccc(C(=O)[O-])c2)o1. The van der Waals surface area contributed by atoms with E-state index in [0.29, 0.717) is 22.8 Å². The largest absolute Gasteiger partial charge is 0.545 e. The number of carboxylic acid groups (broad SMARTS) is 1. The third kappa shape index (κ3) is 3.59. The lowest BCUT2D eigenvalue weighted by atomic mass is 10.1. The van der Waals surface area contributed by atoms with E-state index >= 15 is 0 Å². The van der Waals surface area contributed by atoms with Crippen molar-refractivity contribution >= 4 is 35.6 Å². The second-order valence-electron chi connectivity index (χ2n) is 7.07. The number of carboxylic acids is 1. The fourth-order valence-corrected chi connectivity index (χ4v) is 3.44. The Kier molecular flexibility index (Phi) is 4.67. The zero-order valence-corrected chi connectivity index (χ0v) is 16.7. The number of urea groups is 1. The standard InChI is InChI=1S/C23H14N2O8/c26-20-16(10-15-5-7-17(33-15)12-2-1-3-13(8-12)22(28)29)21(27)25(23(30)24-20)14-4-6-18-19(9-14)32-11-31-18/h1-10H,11H2,(H,28,29)(H,24,26,30)/p-1/b16-10-. The molecule has 1 fully saturated rings. The summed E-state index contributed by atoms with van der Waals surface area (Å²) in [6, 6.07) is 12.6. The number of hydrogen-bond donors (Lipinski definition) is 1. The summed E-state index contributed by atoms with van der Waals surface area (Å²) in [5.41, 5.74) is 0.317. The lowest BCUT2D eigenvalue weighted by Gasteiger charge is -2.26. The highest BCUT2D eigenvalue weighted by Crippen LogP contribution is 2.36. The highest BCUT2D eigenvalue weighted by atomic mass is 16.7. The van der Waals surface area contributed by atoms with Crippen LogP contribution in [0.3, 0.4) is 0 Å². The summed E-state index contributed by atoms with van der Waals surface area (Å²) in [7, 11) is 0. The van der Waals surface area contributed by atoms with Gasteiger partial charge in [0, 0.05) is 11.6 Å². The minimum Gasteiger partial charge on any atom is -0.545 e. The number of benzene rings is 2. The lowest BCUT2D eigenvalue weighted by molar-refractivity contribution is -0.255. The number of rotatable bonds is 4. The van der Waals surface area contributed by atoms with Crippen LogP contribution < -0.4 is 24.8 Å². The number of aromatic carboxylic acids is 1. The quantitative estimate of drug-likeness (QED) is 0.473. The van der Waals surface area contributed by atoms with Gasteiger partial charge in [0.05, 0.1) is 11.7 Å². The number of nitrogens with zero attached hydrogens (tertiary/aromatic N) is 1. The van der Waals surface area contributed by atoms with Crippen LogP contribution in [0.2, 0.25) is 0 Å². The molecule has 33 heavy (non-hydrogen) atoms. The Morgan fingerprint density at radius 2 is 1.82 bits per heavy atom. The number of carbonyl (C=O) groups is 4. The van der Waals surface area contributed by atoms with Gasteiger partial charge in [0.2, 0.25) is 6.79 Å². The fourth-order valence-electron chi connectivity index (χ4n) is 3.44. The zero-order valence-electron chi connectivity index (χ0n) is 16.7. The van der Waals surface area contributed by atoms with Crippen LogP contribution >= 0.6 is 0 Å². The van der Waals surface area contributed by atoms with Gasteiger partial charge in [-0.3, -0.25) is 14.9 Å². The van der Waals surface area contributed by atoms with E-state index in [1.54, 1.807) is 18.2 Å². The molecule has 1 N–H and O–H groups in total. The van der Waals surface area contributed by atoms with E-state index in [4.69, 9.17) is 13.9 Å². The van der Waals surface area contributed by atoms with Crippen molar-refractivity contribution in [3.63, 3.8) is 0 Å². The number of fused-ring (bicyclic) bond motifs is 1. The fraction of sp³-hybridized carbons (Fsp3) is 0.0435. The highest BCUT2D eigenvalue weighted by molar-refractivity contribution is 6.39. The number of hydrogen-bond acceptors (Lipinski definition) is 8. The van der Waals surface area contributed by atoms with Gasteiger partial charge in [-0.2, -0.15) is 0 Å². The topological polar surface area (TPSA) is 138 Å². The molecule has 164 valence electrons. The number of nitrogens with one attached hydrogen (secondary N) is 1. The molecule has 2 aliphatic heterocycles. The molecular weight excluding hydrogens is 432 g/mol. The van der Waals surface area contributed by atoms with Crippen molar-refractivity contribution in [3.05, 3.63) is 71.5 Å². The average Bonchev–Trinajstić information content (AvgIpc) is 3.46. The molecular formula is C23H13N2O8-. The van der Waals surface area contributed by atoms with Crippen molar-refractivity contribution in [1.29, 1.82) is 0 Å². The Hall–Kier alpha value is -4.86. The molecule has 0 saturated carbocycles. The van der Waals surface area contributed by atoms with Gasteiger partial charge in [0.25, 0.3) is 11.8 Å². The van der Waals surface area contributed by atoms with E-state index in [9.17, 15) is 24.3 Å². The third-order valence-corrected chi connectivity index (χ3v) is 5.01. The van der Waals surface area contributed by atoms with E-state index in [1.165, 1.54) is 42.5 Å². The Balaban J connectivity index is 1.46. The van der Waals surface area contributed by atoms with E-state index < -0.39 is 23.8 Å². The number of anilines is 1. The van der Waals surface area contributed by atoms with Crippen LogP contribution in [-0.2, 0) is 9.59 Å². The first-order valence-corrected chi connectivity index (χ1v) is 9.63. The van der Waals surface area contributed by atoms with Crippen molar-refractivity contribution in [2.45, 2.75) is 0 Å². The summed E-state index contributed by atoms with van der Waals surface area (Å²) in [5, 5.41) is 13.2. The van der Waals surface area contributed by atoms with Crippen LogP contribution in [0.25, 0.3) is 17.4 Å². The smallest absolute Gasteiger partial charge is 0.335 e. The molecule has 5 rings (SSSR count). The molecule has 0 unspecified atom stereocenters. The molecule has 3 heterocycles. The summed E-state index contributed by atoms with van der Waals surface area (Å²) in [6.07, 6.45) is 1.20. The van der Waals surface area contributed by atoms with Crippen molar-refractivity contribution in [3.8, 4) is 22.8 Å². The highest BCUT2D eigenvalue weighted by Gasteiger charge is 2.37. The molecule has 0 radical (unpaired) electrons. The maximum Gasteiger partial charge on any atom is 0.335 e. The number of amides is 4. The van der Waals surface area contributed by atoms with E-state index in [0.717, 1.165) is 4.90 Å². The minimum absolute atomic E-state index is 0.0231. The van der Waals surface area contributed by atoms with Crippen LogP contribution in [-0.4, -0.2) is 30.6 Å². The second-order valence-corrected chi connectivity index (χ2v) is 7.07. The first-order valence-electron chi connectivity index (χ1n) is 9.63. The molecule has 10 nitrogen and oxygen atoms in total. The number of barbiturate groups is 1. The maximum atomic E-state index is 13.0. The Labute approximate surface area is 185 Å². The first-order chi connectivity index (χ1) is 15.9. The summed E-state index contributed by atoms with van der Waals surface area (Å²) >= 11 is 0. The molecule has 0 spiro atoms. The van der Waals surface area contributed by atoms with Gasteiger partial charge in [-0.25, -0.2) is 9.69 Å². The monoisotopic (exact) mass is 445 g/mol. The Morgan fingerprint density at radius 3 is 2.64 bits per heavy atom. The van der Waals surface area contributed by atoms with Gasteiger partial charge in [-0.1, -0.05) is 18.2 Å².